The molecule has 0 saturated carbocycles. The lowest BCUT2D eigenvalue weighted by Gasteiger charge is -2.40. The normalized spacial score (nSPS) is 24.6. The van der Waals surface area contributed by atoms with Gasteiger partial charge in [-0.3, -0.25) is 9.69 Å². The van der Waals surface area contributed by atoms with E-state index in [-0.39, 0.29) is 24.0 Å². The number of hydrogen-bond acceptors (Lipinski definition) is 5. The number of carbonyl (C=O) groups excluding carboxylic acids is 1. The Labute approximate surface area is 191 Å². The topological polar surface area (TPSA) is 79.0 Å². The lowest BCUT2D eigenvalue weighted by Crippen LogP contribution is -2.54. The summed E-state index contributed by atoms with van der Waals surface area (Å²) in [6.07, 6.45) is 2.23. The van der Waals surface area contributed by atoms with Crippen LogP contribution < -0.4 is 4.72 Å². The third kappa shape index (κ3) is 6.27. The minimum atomic E-state index is -4.15. The van der Waals surface area contributed by atoms with Gasteiger partial charge in [0.2, 0.25) is 15.9 Å². The molecule has 3 atom stereocenters. The number of nitrogens with zero attached hydrogens (tertiary/aromatic N) is 2. The van der Waals surface area contributed by atoms with Gasteiger partial charge in [-0.25, -0.2) is 12.8 Å². The highest BCUT2D eigenvalue weighted by Gasteiger charge is 2.35. The largest absolute Gasteiger partial charge is 0.373 e. The highest BCUT2D eigenvalue weighted by atomic mass is 32.2. The Bertz CT molecular complexity index is 877. The zero-order chi connectivity index (χ0) is 23.5. The van der Waals surface area contributed by atoms with Crippen molar-refractivity contribution in [2.75, 3.05) is 32.7 Å². The van der Waals surface area contributed by atoms with Crippen molar-refractivity contribution in [1.29, 1.82) is 0 Å². The second kappa shape index (κ2) is 10.6. The minimum absolute atomic E-state index is 0.231. The predicted octanol–water partition coefficient (Wildman–Crippen LogP) is 2.48. The van der Waals surface area contributed by atoms with Gasteiger partial charge in [-0.1, -0.05) is 26.0 Å². The molecule has 0 bridgehead atoms. The highest BCUT2D eigenvalue weighted by molar-refractivity contribution is 7.89. The summed E-state index contributed by atoms with van der Waals surface area (Å²) in [6.45, 7) is 11.8. The van der Waals surface area contributed by atoms with Crippen LogP contribution in [0.4, 0.5) is 4.39 Å². The number of benzene rings is 1. The second-order valence-corrected chi connectivity index (χ2v) is 11.2. The number of halogens is 1. The van der Waals surface area contributed by atoms with Gasteiger partial charge in [-0.05, 0) is 50.7 Å². The molecule has 0 aromatic heterocycles. The molecule has 0 aliphatic carbocycles. The highest BCUT2D eigenvalue weighted by Crippen LogP contribution is 2.23. The number of nitrogens with one attached hydrogen (secondary N) is 1. The van der Waals surface area contributed by atoms with E-state index in [1.54, 1.807) is 18.7 Å². The van der Waals surface area contributed by atoms with Crippen molar-refractivity contribution < 1.29 is 22.3 Å². The number of morpholine rings is 1. The van der Waals surface area contributed by atoms with Gasteiger partial charge < -0.3 is 9.64 Å². The standard InChI is InChI=1S/C23H36FN3O4S/c1-16(2)22(25-32(29,30)21-8-6-5-7-20(21)24)23(28)27-11-9-19(10-12-27)15-26-13-17(3)31-18(4)14-26/h5-8,16-19,22,25H,9-15H2,1-4H3/t17?,18?,22-/m0/s1. The van der Waals surface area contributed by atoms with Crippen LogP contribution in [0.5, 0.6) is 0 Å². The predicted molar refractivity (Wildman–Crippen MR) is 121 cm³/mol. The number of rotatable bonds is 7. The third-order valence-corrected chi connectivity index (χ3v) is 7.75. The summed E-state index contributed by atoms with van der Waals surface area (Å²) in [7, 11) is -4.15. The quantitative estimate of drug-likeness (QED) is 0.664. The summed E-state index contributed by atoms with van der Waals surface area (Å²) >= 11 is 0. The number of likely N-dealkylation sites (tertiary alicyclic amines) is 1. The summed E-state index contributed by atoms with van der Waals surface area (Å²) in [4.78, 5) is 16.9. The van der Waals surface area contributed by atoms with E-state index in [9.17, 15) is 17.6 Å². The summed E-state index contributed by atoms with van der Waals surface area (Å²) in [5, 5.41) is 0. The fourth-order valence-corrected chi connectivity index (χ4v) is 6.11. The van der Waals surface area contributed by atoms with Gasteiger partial charge in [-0.2, -0.15) is 4.72 Å². The van der Waals surface area contributed by atoms with E-state index >= 15 is 0 Å². The summed E-state index contributed by atoms with van der Waals surface area (Å²) < 4.78 is 47.8. The van der Waals surface area contributed by atoms with Crippen molar-refractivity contribution in [3.8, 4) is 0 Å². The molecule has 2 unspecified atom stereocenters. The van der Waals surface area contributed by atoms with Gasteiger partial charge in [0, 0.05) is 32.7 Å². The van der Waals surface area contributed by atoms with E-state index < -0.39 is 26.8 Å². The average Bonchev–Trinajstić information content (AvgIpc) is 2.71. The van der Waals surface area contributed by atoms with Crippen LogP contribution in [-0.2, 0) is 19.6 Å². The van der Waals surface area contributed by atoms with Crippen LogP contribution in [0.25, 0.3) is 0 Å². The molecule has 0 spiro atoms. The maximum Gasteiger partial charge on any atom is 0.244 e. The van der Waals surface area contributed by atoms with Crippen LogP contribution >= 0.6 is 0 Å². The molecule has 1 amide bonds. The number of carbonyl (C=O) groups is 1. The van der Waals surface area contributed by atoms with Crippen molar-refractivity contribution in [2.45, 2.75) is 63.7 Å². The molecule has 180 valence electrons. The summed E-state index contributed by atoms with van der Waals surface area (Å²) in [5.74, 6) is -0.836. The minimum Gasteiger partial charge on any atom is -0.373 e. The van der Waals surface area contributed by atoms with Gasteiger partial charge in [0.15, 0.2) is 0 Å². The maximum absolute atomic E-state index is 14.1. The van der Waals surface area contributed by atoms with Crippen LogP contribution in [0, 0.1) is 17.7 Å². The van der Waals surface area contributed by atoms with Crippen molar-refractivity contribution >= 4 is 15.9 Å². The Hall–Kier alpha value is -1.55. The first kappa shape index (κ1) is 25.1. The lowest BCUT2D eigenvalue weighted by atomic mass is 9.94. The van der Waals surface area contributed by atoms with Gasteiger partial charge in [-0.15, -0.1) is 0 Å². The van der Waals surface area contributed by atoms with Gasteiger partial charge in [0.25, 0.3) is 0 Å². The van der Waals surface area contributed by atoms with E-state index in [0.29, 0.717) is 19.0 Å². The SMILES string of the molecule is CC1CN(CC2CCN(C(=O)[C@@H](NS(=O)(=O)c3ccccc3F)C(C)C)CC2)CC(C)O1. The summed E-state index contributed by atoms with van der Waals surface area (Å²) in [6, 6.07) is 4.27. The van der Waals surface area contributed by atoms with Crippen molar-refractivity contribution in [3.05, 3.63) is 30.1 Å². The smallest absolute Gasteiger partial charge is 0.244 e. The first-order valence-corrected chi connectivity index (χ1v) is 13.0. The molecule has 7 nitrogen and oxygen atoms in total. The molecule has 2 aliphatic heterocycles. The van der Waals surface area contributed by atoms with Gasteiger partial charge in [0.05, 0.1) is 12.2 Å². The fourth-order valence-electron chi connectivity index (χ4n) is 4.70. The van der Waals surface area contributed by atoms with Gasteiger partial charge in [0.1, 0.15) is 16.8 Å². The molecule has 0 radical (unpaired) electrons. The van der Waals surface area contributed by atoms with Crippen LogP contribution in [0.3, 0.4) is 0 Å². The van der Waals surface area contributed by atoms with Crippen LogP contribution in [0.15, 0.2) is 29.2 Å². The molecule has 9 heteroatoms. The van der Waals surface area contributed by atoms with Crippen LogP contribution in [0.1, 0.15) is 40.5 Å². The van der Waals surface area contributed by atoms with Crippen LogP contribution in [0.2, 0.25) is 0 Å². The van der Waals surface area contributed by atoms with E-state index in [1.807, 2.05) is 0 Å². The summed E-state index contributed by atoms with van der Waals surface area (Å²) in [5.41, 5.74) is 0. The molecule has 2 aliphatic rings. The van der Waals surface area contributed by atoms with Gasteiger partial charge >= 0.3 is 0 Å². The Morgan fingerprint density at radius 3 is 2.31 bits per heavy atom. The molecule has 2 heterocycles. The van der Waals surface area contributed by atoms with E-state index in [2.05, 4.69) is 23.5 Å². The molecule has 3 rings (SSSR count). The number of hydrogen-bond donors (Lipinski definition) is 1. The fraction of sp³-hybridized carbons (Fsp3) is 0.696. The second-order valence-electron chi connectivity index (χ2n) is 9.52. The monoisotopic (exact) mass is 469 g/mol. The molecule has 2 fully saturated rings. The molecule has 1 N–H and O–H groups in total. The first-order valence-electron chi connectivity index (χ1n) is 11.5. The van der Waals surface area contributed by atoms with Crippen molar-refractivity contribution in [2.24, 2.45) is 11.8 Å². The Morgan fingerprint density at radius 1 is 1.16 bits per heavy atom. The third-order valence-electron chi connectivity index (χ3n) is 6.28. The van der Waals surface area contributed by atoms with Crippen molar-refractivity contribution in [3.63, 3.8) is 0 Å². The van der Waals surface area contributed by atoms with E-state index in [0.717, 1.165) is 38.5 Å². The number of amides is 1. The zero-order valence-corrected chi connectivity index (χ0v) is 20.3. The Balaban J connectivity index is 1.59. The Morgan fingerprint density at radius 2 is 1.75 bits per heavy atom. The molecular formula is C23H36FN3O4S. The Kier molecular flexibility index (Phi) is 8.30. The lowest BCUT2D eigenvalue weighted by molar-refractivity contribution is -0.135. The van der Waals surface area contributed by atoms with E-state index in [4.69, 9.17) is 4.74 Å². The first-order chi connectivity index (χ1) is 15.1. The molecular weight excluding hydrogens is 433 g/mol. The molecule has 32 heavy (non-hydrogen) atoms. The molecule has 1 aromatic carbocycles. The van der Waals surface area contributed by atoms with Crippen molar-refractivity contribution in [1.82, 2.24) is 14.5 Å². The zero-order valence-electron chi connectivity index (χ0n) is 19.5. The molecule has 2 saturated heterocycles. The average molecular weight is 470 g/mol. The maximum atomic E-state index is 14.1. The number of sulfonamides is 1. The molecule has 1 aromatic rings. The number of ether oxygens (including phenoxy) is 1. The van der Waals surface area contributed by atoms with E-state index in [1.165, 1.54) is 18.2 Å². The van der Waals surface area contributed by atoms with Crippen LogP contribution in [-0.4, -0.2) is 75.1 Å². The number of piperidine rings is 1.